The number of ether oxygens (including phenoxy) is 2. The highest BCUT2D eigenvalue weighted by atomic mass is 35.5. The third kappa shape index (κ3) is 3.48. The highest BCUT2D eigenvalue weighted by molar-refractivity contribution is 6.45. The number of carboxylic acids is 1. The highest BCUT2D eigenvalue weighted by Crippen LogP contribution is 2.42. The molecular formula is C14H14Cl2O5. The highest BCUT2D eigenvalue weighted by Gasteiger charge is 2.31. The number of Topliss-reactive ketones (excluding diaryl/α,β-unsaturated/α-hetero) is 1. The van der Waals surface area contributed by atoms with Crippen molar-refractivity contribution < 1.29 is 24.2 Å². The molecular weight excluding hydrogens is 319 g/mol. The molecule has 0 saturated carbocycles. The summed E-state index contributed by atoms with van der Waals surface area (Å²) in [6, 6.07) is 1.71. The van der Waals surface area contributed by atoms with Crippen LogP contribution in [-0.4, -0.2) is 36.7 Å². The SMILES string of the molecule is CC1Cc2cc(OCCOCC(=O)O)c(Cl)c(Cl)c2C1=O. The van der Waals surface area contributed by atoms with Gasteiger partial charge in [-0.05, 0) is 18.1 Å². The van der Waals surface area contributed by atoms with Crippen molar-refractivity contribution in [3.8, 4) is 5.75 Å². The van der Waals surface area contributed by atoms with Crippen molar-refractivity contribution in [3.05, 3.63) is 27.2 Å². The summed E-state index contributed by atoms with van der Waals surface area (Å²) >= 11 is 12.3. The van der Waals surface area contributed by atoms with Crippen LogP contribution >= 0.6 is 23.2 Å². The molecule has 1 aliphatic rings. The molecule has 0 aliphatic heterocycles. The molecule has 1 atom stereocenters. The molecule has 0 fully saturated rings. The number of carbonyl (C=O) groups excluding carboxylic acids is 1. The van der Waals surface area contributed by atoms with Crippen LogP contribution in [0.1, 0.15) is 22.8 Å². The topological polar surface area (TPSA) is 72.8 Å². The minimum absolute atomic E-state index is 0.00626. The Kier molecular flexibility index (Phi) is 5.08. The van der Waals surface area contributed by atoms with Crippen LogP contribution in [0.4, 0.5) is 0 Å². The maximum Gasteiger partial charge on any atom is 0.329 e. The van der Waals surface area contributed by atoms with E-state index in [4.69, 9.17) is 37.8 Å². The van der Waals surface area contributed by atoms with Crippen molar-refractivity contribution in [1.82, 2.24) is 0 Å². The van der Waals surface area contributed by atoms with Crippen LogP contribution in [0.5, 0.6) is 5.75 Å². The fourth-order valence-electron chi connectivity index (χ4n) is 2.22. The van der Waals surface area contributed by atoms with Crippen molar-refractivity contribution in [2.45, 2.75) is 13.3 Å². The van der Waals surface area contributed by atoms with Gasteiger partial charge in [-0.15, -0.1) is 0 Å². The fraction of sp³-hybridized carbons (Fsp3) is 0.429. The Morgan fingerprint density at radius 1 is 1.38 bits per heavy atom. The molecule has 0 bridgehead atoms. The number of aliphatic carboxylic acids is 1. The number of halogens is 2. The molecule has 114 valence electrons. The van der Waals surface area contributed by atoms with E-state index in [0.29, 0.717) is 17.7 Å². The summed E-state index contributed by atoms with van der Waals surface area (Å²) in [6.45, 7) is 1.72. The lowest BCUT2D eigenvalue weighted by atomic mass is 10.1. The molecule has 5 nitrogen and oxygen atoms in total. The second kappa shape index (κ2) is 6.64. The van der Waals surface area contributed by atoms with Crippen molar-refractivity contribution >= 4 is 35.0 Å². The molecule has 0 aromatic heterocycles. The zero-order valence-electron chi connectivity index (χ0n) is 11.3. The average molecular weight is 333 g/mol. The summed E-state index contributed by atoms with van der Waals surface area (Å²) < 4.78 is 10.3. The van der Waals surface area contributed by atoms with E-state index in [-0.39, 0.29) is 41.6 Å². The van der Waals surface area contributed by atoms with Gasteiger partial charge in [-0.25, -0.2) is 4.79 Å². The summed E-state index contributed by atoms with van der Waals surface area (Å²) in [6.07, 6.45) is 0.608. The smallest absolute Gasteiger partial charge is 0.329 e. The second-order valence-electron chi connectivity index (χ2n) is 4.80. The Balaban J connectivity index is 2.05. The standard InChI is InChI=1S/C14H14Cl2O5/c1-7-4-8-5-9(21-3-2-20-6-10(17)18)12(15)13(16)11(8)14(7)19/h5,7H,2-4,6H2,1H3,(H,17,18). The Hall–Kier alpha value is -1.30. The van der Waals surface area contributed by atoms with Gasteiger partial charge in [-0.2, -0.15) is 0 Å². The van der Waals surface area contributed by atoms with Crippen molar-refractivity contribution in [2.75, 3.05) is 19.8 Å². The molecule has 21 heavy (non-hydrogen) atoms. The van der Waals surface area contributed by atoms with Crippen LogP contribution in [0.25, 0.3) is 0 Å². The minimum atomic E-state index is -1.04. The van der Waals surface area contributed by atoms with Crippen molar-refractivity contribution in [1.29, 1.82) is 0 Å². The largest absolute Gasteiger partial charge is 0.490 e. The molecule has 0 saturated heterocycles. The minimum Gasteiger partial charge on any atom is -0.490 e. The van der Waals surface area contributed by atoms with Gasteiger partial charge in [0.15, 0.2) is 5.78 Å². The third-order valence-corrected chi connectivity index (χ3v) is 4.04. The van der Waals surface area contributed by atoms with Crippen LogP contribution in [0.15, 0.2) is 6.07 Å². The lowest BCUT2D eigenvalue weighted by Gasteiger charge is -2.12. The van der Waals surface area contributed by atoms with E-state index < -0.39 is 5.97 Å². The Morgan fingerprint density at radius 3 is 2.76 bits per heavy atom. The Bertz CT molecular complexity index is 585. The van der Waals surface area contributed by atoms with E-state index in [1.807, 2.05) is 6.92 Å². The molecule has 0 heterocycles. The molecule has 0 radical (unpaired) electrons. The number of benzene rings is 1. The number of hydrogen-bond donors (Lipinski definition) is 1. The lowest BCUT2D eigenvalue weighted by molar-refractivity contribution is -0.142. The van der Waals surface area contributed by atoms with Gasteiger partial charge in [0.05, 0.1) is 11.6 Å². The molecule has 0 amide bonds. The van der Waals surface area contributed by atoms with E-state index >= 15 is 0 Å². The van der Waals surface area contributed by atoms with Gasteiger partial charge in [0.1, 0.15) is 24.0 Å². The van der Waals surface area contributed by atoms with E-state index in [2.05, 4.69) is 0 Å². The van der Waals surface area contributed by atoms with Gasteiger partial charge in [0.25, 0.3) is 0 Å². The summed E-state index contributed by atoms with van der Waals surface area (Å²) in [4.78, 5) is 22.3. The van der Waals surface area contributed by atoms with Gasteiger partial charge < -0.3 is 14.6 Å². The third-order valence-electron chi connectivity index (χ3n) is 3.19. The van der Waals surface area contributed by atoms with Gasteiger partial charge in [0.2, 0.25) is 0 Å². The maximum absolute atomic E-state index is 12.0. The first kappa shape index (κ1) is 16.1. The van der Waals surface area contributed by atoms with E-state index in [0.717, 1.165) is 5.56 Å². The predicted molar refractivity (Wildman–Crippen MR) is 77.6 cm³/mol. The van der Waals surface area contributed by atoms with E-state index in [1.54, 1.807) is 6.07 Å². The lowest BCUT2D eigenvalue weighted by Crippen LogP contribution is -2.13. The van der Waals surface area contributed by atoms with Gasteiger partial charge in [-0.3, -0.25) is 4.79 Å². The molecule has 1 unspecified atom stereocenters. The number of carbonyl (C=O) groups is 2. The number of rotatable bonds is 6. The summed E-state index contributed by atoms with van der Waals surface area (Å²) in [7, 11) is 0. The number of hydrogen-bond acceptors (Lipinski definition) is 4. The Labute approximate surface area is 131 Å². The monoisotopic (exact) mass is 332 g/mol. The molecule has 1 aliphatic carbocycles. The fourth-order valence-corrected chi connectivity index (χ4v) is 2.74. The molecule has 0 spiro atoms. The molecule has 1 N–H and O–H groups in total. The number of fused-ring (bicyclic) bond motifs is 1. The van der Waals surface area contributed by atoms with E-state index in [9.17, 15) is 9.59 Å². The zero-order chi connectivity index (χ0) is 15.6. The number of carboxylic acid groups (broad SMARTS) is 1. The molecule has 1 aromatic rings. The van der Waals surface area contributed by atoms with Crippen LogP contribution < -0.4 is 4.74 Å². The Morgan fingerprint density at radius 2 is 2.10 bits per heavy atom. The average Bonchev–Trinajstić information content (AvgIpc) is 2.70. The van der Waals surface area contributed by atoms with Crippen LogP contribution in [0.3, 0.4) is 0 Å². The van der Waals surface area contributed by atoms with Crippen molar-refractivity contribution in [3.63, 3.8) is 0 Å². The van der Waals surface area contributed by atoms with Gasteiger partial charge in [-0.1, -0.05) is 30.1 Å². The van der Waals surface area contributed by atoms with Gasteiger partial charge >= 0.3 is 5.97 Å². The summed E-state index contributed by atoms with van der Waals surface area (Å²) in [5.74, 6) is -0.779. The second-order valence-corrected chi connectivity index (χ2v) is 5.56. The quantitative estimate of drug-likeness (QED) is 0.811. The molecule has 1 aromatic carbocycles. The van der Waals surface area contributed by atoms with Crippen molar-refractivity contribution in [2.24, 2.45) is 5.92 Å². The maximum atomic E-state index is 12.0. The zero-order valence-corrected chi connectivity index (χ0v) is 12.8. The molecule has 2 rings (SSSR count). The summed E-state index contributed by atoms with van der Waals surface area (Å²) in [5.41, 5.74) is 1.30. The summed E-state index contributed by atoms with van der Waals surface area (Å²) in [5, 5.41) is 8.83. The predicted octanol–water partition coefficient (Wildman–Crippen LogP) is 2.85. The van der Waals surface area contributed by atoms with Crippen LogP contribution in [0.2, 0.25) is 10.0 Å². The number of ketones is 1. The molecule has 7 heteroatoms. The first-order chi connectivity index (χ1) is 9.91. The van der Waals surface area contributed by atoms with Crippen LogP contribution in [-0.2, 0) is 16.0 Å². The van der Waals surface area contributed by atoms with Gasteiger partial charge in [0, 0.05) is 11.5 Å². The normalized spacial score (nSPS) is 16.9. The van der Waals surface area contributed by atoms with Crippen LogP contribution in [0, 0.1) is 5.92 Å². The van der Waals surface area contributed by atoms with E-state index in [1.165, 1.54) is 0 Å². The first-order valence-electron chi connectivity index (χ1n) is 6.39. The first-order valence-corrected chi connectivity index (χ1v) is 7.14.